The molecule has 0 aliphatic carbocycles. The Hall–Kier alpha value is -4.08. The number of aryl methyl sites for hydroxylation is 2. The number of hydrogen-bond donors (Lipinski definition) is 1. The Balaban J connectivity index is 1.57. The molecule has 29 heavy (non-hydrogen) atoms. The predicted octanol–water partition coefficient (Wildman–Crippen LogP) is 2.12. The fourth-order valence-corrected chi connectivity index (χ4v) is 2.77. The van der Waals surface area contributed by atoms with Gasteiger partial charge in [0.05, 0.1) is 19.0 Å². The van der Waals surface area contributed by atoms with Crippen LogP contribution in [0.4, 0.5) is 5.69 Å². The maximum absolute atomic E-state index is 12.6. The molecule has 0 aliphatic rings. The summed E-state index contributed by atoms with van der Waals surface area (Å²) in [6, 6.07) is 12.9. The van der Waals surface area contributed by atoms with Gasteiger partial charge in [-0.25, -0.2) is 4.68 Å². The molecule has 4 rings (SSSR count). The zero-order chi connectivity index (χ0) is 20.4. The summed E-state index contributed by atoms with van der Waals surface area (Å²) in [5.41, 5.74) is 3.31. The average molecular weight is 390 g/mol. The lowest BCUT2D eigenvalue weighted by atomic mass is 10.2. The van der Waals surface area contributed by atoms with Gasteiger partial charge in [-0.3, -0.25) is 4.79 Å². The van der Waals surface area contributed by atoms with Gasteiger partial charge in [0.2, 0.25) is 0 Å². The fraction of sp³-hybridized carbons (Fsp3) is 0.158. The third-order valence-corrected chi connectivity index (χ3v) is 4.31. The van der Waals surface area contributed by atoms with Crippen LogP contribution in [0.3, 0.4) is 0 Å². The van der Waals surface area contributed by atoms with Crippen LogP contribution >= 0.6 is 0 Å². The molecule has 0 spiro atoms. The highest BCUT2D eigenvalue weighted by Crippen LogP contribution is 2.26. The maximum atomic E-state index is 12.6. The zero-order valence-corrected chi connectivity index (χ0v) is 16.1. The van der Waals surface area contributed by atoms with Gasteiger partial charge in [0, 0.05) is 5.69 Å². The van der Waals surface area contributed by atoms with Crippen molar-refractivity contribution in [2.24, 2.45) is 0 Å². The number of ether oxygens (including phenoxy) is 1. The topological polar surface area (TPSA) is 113 Å². The van der Waals surface area contributed by atoms with E-state index in [4.69, 9.17) is 4.74 Å². The van der Waals surface area contributed by atoms with E-state index < -0.39 is 0 Å². The number of rotatable bonds is 5. The van der Waals surface area contributed by atoms with Gasteiger partial charge in [-0.15, -0.1) is 10.2 Å². The number of anilines is 1. The van der Waals surface area contributed by atoms with Crippen molar-refractivity contribution in [2.45, 2.75) is 13.8 Å². The second kappa shape index (κ2) is 7.50. The van der Waals surface area contributed by atoms with Crippen LogP contribution in [0.15, 0.2) is 48.7 Å². The molecule has 2 heterocycles. The van der Waals surface area contributed by atoms with Gasteiger partial charge in [0.1, 0.15) is 11.4 Å². The van der Waals surface area contributed by atoms with Crippen molar-refractivity contribution in [1.82, 2.24) is 35.2 Å². The Morgan fingerprint density at radius 3 is 2.52 bits per heavy atom. The fourth-order valence-electron chi connectivity index (χ4n) is 2.77. The van der Waals surface area contributed by atoms with Crippen molar-refractivity contribution in [2.75, 3.05) is 12.4 Å². The van der Waals surface area contributed by atoms with E-state index in [-0.39, 0.29) is 11.6 Å². The first-order valence-corrected chi connectivity index (χ1v) is 8.79. The van der Waals surface area contributed by atoms with Crippen LogP contribution in [0.1, 0.15) is 21.9 Å². The Labute approximate surface area is 166 Å². The molecule has 0 radical (unpaired) electrons. The molecule has 0 saturated carbocycles. The molecule has 0 unspecified atom stereocenters. The highest BCUT2D eigenvalue weighted by molar-refractivity contribution is 6.02. The number of carbonyl (C=O) groups is 1. The van der Waals surface area contributed by atoms with Crippen LogP contribution in [-0.4, -0.2) is 48.2 Å². The van der Waals surface area contributed by atoms with E-state index in [9.17, 15) is 4.79 Å². The van der Waals surface area contributed by atoms with Crippen molar-refractivity contribution < 1.29 is 9.53 Å². The molecule has 1 amide bonds. The predicted molar refractivity (Wildman–Crippen MR) is 104 cm³/mol. The zero-order valence-electron chi connectivity index (χ0n) is 16.1. The summed E-state index contributed by atoms with van der Waals surface area (Å²) in [5.74, 6) is 0.782. The minimum atomic E-state index is -0.382. The molecule has 0 fully saturated rings. The third kappa shape index (κ3) is 3.68. The van der Waals surface area contributed by atoms with Crippen molar-refractivity contribution in [1.29, 1.82) is 0 Å². The van der Waals surface area contributed by atoms with Gasteiger partial charge >= 0.3 is 0 Å². The van der Waals surface area contributed by atoms with Gasteiger partial charge in [-0.2, -0.15) is 4.68 Å². The van der Waals surface area contributed by atoms with Gasteiger partial charge in [0.25, 0.3) is 5.91 Å². The first kappa shape index (κ1) is 18.3. The molecule has 4 aromatic rings. The third-order valence-electron chi connectivity index (χ3n) is 4.31. The first-order valence-electron chi connectivity index (χ1n) is 8.79. The van der Waals surface area contributed by atoms with E-state index in [0.717, 1.165) is 11.3 Å². The van der Waals surface area contributed by atoms with E-state index in [1.165, 1.54) is 4.68 Å². The lowest BCUT2D eigenvalue weighted by molar-refractivity contribution is 0.102. The summed E-state index contributed by atoms with van der Waals surface area (Å²) < 4.78 is 8.46. The van der Waals surface area contributed by atoms with Crippen LogP contribution in [0, 0.1) is 13.8 Å². The van der Waals surface area contributed by atoms with Crippen LogP contribution in [-0.2, 0) is 0 Å². The van der Waals surface area contributed by atoms with Gasteiger partial charge in [-0.05, 0) is 54.6 Å². The number of benzene rings is 2. The number of methoxy groups -OCH3 is 1. The quantitative estimate of drug-likeness (QED) is 0.555. The standard InChI is InChI=1S/C19H18N8O2/c1-12-4-7-15(8-5-12)26-11-16(22-24-26)19(28)20-14-6-9-18(29-3)17(10-14)27-13(2)21-23-25-27/h4-11H,1-3H3,(H,20,28). The summed E-state index contributed by atoms with van der Waals surface area (Å²) >= 11 is 0. The van der Waals surface area contributed by atoms with Crippen LogP contribution in [0.5, 0.6) is 5.75 Å². The smallest absolute Gasteiger partial charge is 0.277 e. The van der Waals surface area contributed by atoms with E-state index in [0.29, 0.717) is 22.9 Å². The van der Waals surface area contributed by atoms with E-state index in [2.05, 4.69) is 31.2 Å². The van der Waals surface area contributed by atoms with Gasteiger partial charge in [0.15, 0.2) is 11.5 Å². The number of amides is 1. The summed E-state index contributed by atoms with van der Waals surface area (Å²) in [7, 11) is 1.56. The number of hydrogen-bond acceptors (Lipinski definition) is 7. The highest BCUT2D eigenvalue weighted by atomic mass is 16.5. The minimum absolute atomic E-state index is 0.196. The molecule has 10 heteroatoms. The van der Waals surface area contributed by atoms with E-state index in [1.807, 2.05) is 31.2 Å². The largest absolute Gasteiger partial charge is 0.494 e. The molecule has 1 N–H and O–H groups in total. The molecule has 0 saturated heterocycles. The summed E-state index contributed by atoms with van der Waals surface area (Å²) in [4.78, 5) is 12.6. The Bertz CT molecular complexity index is 1160. The van der Waals surface area contributed by atoms with Crippen molar-refractivity contribution in [3.8, 4) is 17.1 Å². The molecule has 2 aromatic carbocycles. The summed E-state index contributed by atoms with van der Waals surface area (Å²) in [6.07, 6.45) is 1.58. The number of aromatic nitrogens is 7. The monoisotopic (exact) mass is 390 g/mol. The van der Waals surface area contributed by atoms with Crippen LogP contribution in [0.2, 0.25) is 0 Å². The van der Waals surface area contributed by atoms with Crippen molar-refractivity contribution >= 4 is 11.6 Å². The van der Waals surface area contributed by atoms with Gasteiger partial charge < -0.3 is 10.1 Å². The van der Waals surface area contributed by atoms with E-state index >= 15 is 0 Å². The van der Waals surface area contributed by atoms with Crippen LogP contribution < -0.4 is 10.1 Å². The van der Waals surface area contributed by atoms with Gasteiger partial charge in [-0.1, -0.05) is 22.9 Å². The lowest BCUT2D eigenvalue weighted by Crippen LogP contribution is -2.13. The number of carbonyl (C=O) groups excluding carboxylic acids is 1. The highest BCUT2D eigenvalue weighted by Gasteiger charge is 2.15. The number of nitrogens with zero attached hydrogens (tertiary/aromatic N) is 7. The molecule has 0 bridgehead atoms. The SMILES string of the molecule is COc1ccc(NC(=O)c2cn(-c3ccc(C)cc3)nn2)cc1-n1nnnc1C. The second-order valence-corrected chi connectivity index (χ2v) is 6.36. The first-order chi connectivity index (χ1) is 14.0. The second-order valence-electron chi connectivity index (χ2n) is 6.36. The van der Waals surface area contributed by atoms with E-state index in [1.54, 1.807) is 43.1 Å². The molecule has 146 valence electrons. The normalized spacial score (nSPS) is 10.7. The molecule has 2 aromatic heterocycles. The van der Waals surface area contributed by atoms with Crippen LogP contribution in [0.25, 0.3) is 11.4 Å². The molecule has 0 atom stereocenters. The average Bonchev–Trinajstić information content (AvgIpc) is 3.38. The molecule has 10 nitrogen and oxygen atoms in total. The minimum Gasteiger partial charge on any atom is -0.494 e. The Kier molecular flexibility index (Phi) is 4.73. The van der Waals surface area contributed by atoms with Crippen molar-refractivity contribution in [3.05, 3.63) is 65.7 Å². The maximum Gasteiger partial charge on any atom is 0.277 e. The molecular weight excluding hydrogens is 372 g/mol. The lowest BCUT2D eigenvalue weighted by Gasteiger charge is -2.11. The summed E-state index contributed by atoms with van der Waals surface area (Å²) in [5, 5.41) is 22.3. The van der Waals surface area contributed by atoms with Crippen molar-refractivity contribution in [3.63, 3.8) is 0 Å². The Morgan fingerprint density at radius 2 is 1.83 bits per heavy atom. The molecular formula is C19H18N8O2. The number of tetrazole rings is 1. The number of nitrogens with one attached hydrogen (secondary N) is 1. The Morgan fingerprint density at radius 1 is 1.03 bits per heavy atom. The summed E-state index contributed by atoms with van der Waals surface area (Å²) in [6.45, 7) is 3.78. The molecule has 0 aliphatic heterocycles.